The Hall–Kier alpha value is -4.20. The Kier molecular flexibility index (Phi) is 7.63. The molecule has 1 fully saturated rings. The first-order valence-corrected chi connectivity index (χ1v) is 11.7. The second-order valence-electron chi connectivity index (χ2n) is 8.48. The predicted octanol–water partition coefficient (Wildman–Crippen LogP) is 5.82. The largest absolute Gasteiger partial charge is 0.494 e. The second-order valence-corrected chi connectivity index (χ2v) is 8.48. The van der Waals surface area contributed by atoms with Gasteiger partial charge in [-0.25, -0.2) is 4.98 Å². The number of aromatic nitrogens is 2. The van der Waals surface area contributed by atoms with Crippen molar-refractivity contribution < 1.29 is 18.7 Å². The van der Waals surface area contributed by atoms with Crippen LogP contribution >= 0.6 is 0 Å². The number of carbonyl (C=O) groups excluding carboxylic acids is 1. The highest BCUT2D eigenvalue weighted by Gasteiger charge is 2.28. The van der Waals surface area contributed by atoms with Gasteiger partial charge in [-0.15, -0.1) is 0 Å². The van der Waals surface area contributed by atoms with Gasteiger partial charge in [0.15, 0.2) is 11.5 Å². The Bertz CT molecular complexity index is 1300. The maximum absolute atomic E-state index is 14.5. The fourth-order valence-electron chi connectivity index (χ4n) is 4.45. The number of ether oxygens (including phenoxy) is 2. The molecule has 3 aromatic rings. The van der Waals surface area contributed by atoms with E-state index in [2.05, 4.69) is 18.3 Å². The molecule has 36 heavy (non-hydrogen) atoms. The summed E-state index contributed by atoms with van der Waals surface area (Å²) < 4.78 is 27.2. The van der Waals surface area contributed by atoms with Gasteiger partial charge in [0.05, 0.1) is 12.8 Å². The van der Waals surface area contributed by atoms with E-state index < -0.39 is 5.82 Å². The van der Waals surface area contributed by atoms with Crippen molar-refractivity contribution in [2.75, 3.05) is 20.2 Å². The highest BCUT2D eigenvalue weighted by atomic mass is 19.1. The molecule has 0 unspecified atom stereocenters. The third kappa shape index (κ3) is 5.07. The average Bonchev–Trinajstić information content (AvgIpc) is 3.24. The van der Waals surface area contributed by atoms with E-state index in [1.807, 2.05) is 34.7 Å². The summed E-state index contributed by atoms with van der Waals surface area (Å²) >= 11 is 0. The minimum absolute atomic E-state index is 0.0684. The number of halogens is 1. The van der Waals surface area contributed by atoms with Crippen LogP contribution in [0.1, 0.15) is 30.3 Å². The first-order chi connectivity index (χ1) is 17.5. The van der Waals surface area contributed by atoms with E-state index in [-0.39, 0.29) is 23.3 Å². The van der Waals surface area contributed by atoms with Gasteiger partial charge in [-0.05, 0) is 69.0 Å². The summed E-state index contributed by atoms with van der Waals surface area (Å²) in [6.07, 6.45) is 6.63. The Morgan fingerprint density at radius 3 is 2.67 bits per heavy atom. The molecule has 0 aliphatic carbocycles. The highest BCUT2D eigenvalue weighted by Crippen LogP contribution is 2.34. The molecule has 0 N–H and O–H groups in total. The molecule has 0 saturated carbocycles. The van der Waals surface area contributed by atoms with Crippen LogP contribution in [0.4, 0.5) is 4.39 Å². The van der Waals surface area contributed by atoms with Crippen molar-refractivity contribution in [1.29, 1.82) is 0 Å². The van der Waals surface area contributed by atoms with E-state index in [9.17, 15) is 9.18 Å². The van der Waals surface area contributed by atoms with E-state index in [0.29, 0.717) is 18.8 Å². The average molecular weight is 489 g/mol. The number of carbonyl (C=O) groups is 1. The third-order valence-corrected chi connectivity index (χ3v) is 6.27. The van der Waals surface area contributed by atoms with Crippen LogP contribution in [-0.2, 0) is 4.79 Å². The van der Waals surface area contributed by atoms with Crippen LogP contribution in [0, 0.1) is 12.7 Å². The molecule has 1 atom stereocenters. The zero-order valence-electron chi connectivity index (χ0n) is 20.5. The highest BCUT2D eigenvalue weighted by molar-refractivity contribution is 5.87. The number of aliphatic imine (C=N–C) groups is 1. The third-order valence-electron chi connectivity index (χ3n) is 6.27. The van der Waals surface area contributed by atoms with Crippen LogP contribution in [0.15, 0.2) is 66.3 Å². The molecule has 2 aromatic carbocycles. The molecular formula is C28H29FN4O3. The van der Waals surface area contributed by atoms with Crippen molar-refractivity contribution in [2.45, 2.75) is 25.7 Å². The Balaban J connectivity index is 1.64. The zero-order chi connectivity index (χ0) is 25.7. The molecule has 0 bridgehead atoms. The Labute approximate surface area is 210 Å². The topological polar surface area (TPSA) is 69.0 Å². The number of rotatable bonds is 8. The van der Waals surface area contributed by atoms with Gasteiger partial charge in [-0.1, -0.05) is 12.6 Å². The van der Waals surface area contributed by atoms with Gasteiger partial charge in [-0.2, -0.15) is 4.39 Å². The monoisotopic (exact) mass is 488 g/mol. The van der Waals surface area contributed by atoms with Crippen LogP contribution in [0.25, 0.3) is 17.5 Å². The lowest BCUT2D eigenvalue weighted by atomic mass is 9.97. The molecule has 0 radical (unpaired) electrons. The lowest BCUT2D eigenvalue weighted by molar-refractivity contribution is -0.127. The van der Waals surface area contributed by atoms with Crippen molar-refractivity contribution in [1.82, 2.24) is 14.5 Å². The van der Waals surface area contributed by atoms with Crippen molar-refractivity contribution in [3.63, 3.8) is 0 Å². The molecule has 0 spiro atoms. The molecular weight excluding hydrogens is 459 g/mol. The minimum atomic E-state index is -0.553. The van der Waals surface area contributed by atoms with Gasteiger partial charge in [0.1, 0.15) is 11.6 Å². The summed E-state index contributed by atoms with van der Waals surface area (Å²) in [7, 11) is 1.41. The lowest BCUT2D eigenvalue weighted by Crippen LogP contribution is -2.38. The Morgan fingerprint density at radius 2 is 1.97 bits per heavy atom. The molecule has 1 amide bonds. The number of piperidine rings is 1. The number of imidazole rings is 1. The first kappa shape index (κ1) is 24.9. The molecule has 1 saturated heterocycles. The number of likely N-dealkylation sites (tertiary alicyclic amines) is 1. The number of nitrogens with zero attached hydrogens (tertiary/aromatic N) is 4. The summed E-state index contributed by atoms with van der Waals surface area (Å²) in [6.45, 7) is 10.4. The van der Waals surface area contributed by atoms with Gasteiger partial charge in [-0.3, -0.25) is 9.79 Å². The van der Waals surface area contributed by atoms with Gasteiger partial charge in [0.2, 0.25) is 11.7 Å². The SMILES string of the molecule is C=CC(=O)N1CCC[C@@H](c2nc(-c3ccc(Oc4cccc(OC)c4F)cc3)c(C)n2/C=C\N=C)C1. The van der Waals surface area contributed by atoms with Crippen LogP contribution in [0.3, 0.4) is 0 Å². The van der Waals surface area contributed by atoms with E-state index in [0.717, 1.165) is 35.6 Å². The molecule has 2 heterocycles. The maximum Gasteiger partial charge on any atom is 0.245 e. The van der Waals surface area contributed by atoms with Gasteiger partial charge in [0, 0.05) is 42.7 Å². The fraction of sp³-hybridized carbons (Fsp3) is 0.250. The van der Waals surface area contributed by atoms with Gasteiger partial charge < -0.3 is 18.9 Å². The lowest BCUT2D eigenvalue weighted by Gasteiger charge is -2.31. The summed E-state index contributed by atoms with van der Waals surface area (Å²) in [4.78, 5) is 22.9. The molecule has 1 aromatic heterocycles. The van der Waals surface area contributed by atoms with Gasteiger partial charge >= 0.3 is 0 Å². The minimum Gasteiger partial charge on any atom is -0.494 e. The van der Waals surface area contributed by atoms with E-state index in [1.165, 1.54) is 19.3 Å². The first-order valence-electron chi connectivity index (χ1n) is 11.7. The van der Waals surface area contributed by atoms with Crippen molar-refractivity contribution >= 4 is 18.8 Å². The second kappa shape index (κ2) is 11.0. The van der Waals surface area contributed by atoms with Crippen LogP contribution < -0.4 is 9.47 Å². The number of methoxy groups -OCH3 is 1. The quantitative estimate of drug-likeness (QED) is 0.296. The molecule has 8 heteroatoms. The standard InChI is InChI=1S/C28H29FN4O3/c1-5-25(34)32-16-7-8-21(18-32)28-31-27(19(2)33(28)17-15-30-3)20-11-13-22(14-12-20)36-24-10-6-9-23(35-4)26(24)29/h5-6,9-15,17,21H,1,3,7-8,16,18H2,2,4H3/b17-15-/t21-/m1/s1. The van der Waals surface area contributed by atoms with Crippen LogP contribution in [-0.4, -0.2) is 47.3 Å². The van der Waals surface area contributed by atoms with E-state index >= 15 is 0 Å². The Morgan fingerprint density at radius 1 is 1.22 bits per heavy atom. The van der Waals surface area contributed by atoms with Gasteiger partial charge in [0.25, 0.3) is 0 Å². The summed E-state index contributed by atoms with van der Waals surface area (Å²) in [5.41, 5.74) is 2.63. The van der Waals surface area contributed by atoms with E-state index in [1.54, 1.807) is 30.5 Å². The van der Waals surface area contributed by atoms with E-state index in [4.69, 9.17) is 14.5 Å². The number of hydrogen-bond donors (Lipinski definition) is 0. The molecule has 4 rings (SSSR count). The fourth-order valence-corrected chi connectivity index (χ4v) is 4.45. The smallest absolute Gasteiger partial charge is 0.245 e. The number of hydrogen-bond acceptors (Lipinski definition) is 5. The van der Waals surface area contributed by atoms with Crippen LogP contribution in [0.5, 0.6) is 17.2 Å². The normalized spacial score (nSPS) is 15.6. The van der Waals surface area contributed by atoms with Crippen LogP contribution in [0.2, 0.25) is 0 Å². The van der Waals surface area contributed by atoms with Crippen molar-refractivity contribution in [3.8, 4) is 28.5 Å². The molecule has 1 aliphatic heterocycles. The molecule has 186 valence electrons. The zero-order valence-corrected chi connectivity index (χ0v) is 20.5. The predicted molar refractivity (Wildman–Crippen MR) is 139 cm³/mol. The number of benzene rings is 2. The maximum atomic E-state index is 14.5. The summed E-state index contributed by atoms with van der Waals surface area (Å²) in [5, 5.41) is 0. The molecule has 1 aliphatic rings. The van der Waals surface area contributed by atoms with Crippen molar-refractivity contribution in [3.05, 3.63) is 78.7 Å². The summed E-state index contributed by atoms with van der Waals surface area (Å²) in [5.74, 6) is 1.01. The molecule has 7 nitrogen and oxygen atoms in total. The summed E-state index contributed by atoms with van der Waals surface area (Å²) in [6, 6.07) is 12.1. The number of amides is 1. The van der Waals surface area contributed by atoms with Crippen molar-refractivity contribution in [2.24, 2.45) is 4.99 Å².